The summed E-state index contributed by atoms with van der Waals surface area (Å²) >= 11 is 0. The summed E-state index contributed by atoms with van der Waals surface area (Å²) in [5.41, 5.74) is 0.491. The van der Waals surface area contributed by atoms with Crippen LogP contribution < -0.4 is 5.32 Å². The maximum atomic E-state index is 15.3. The van der Waals surface area contributed by atoms with Gasteiger partial charge in [-0.15, -0.1) is 0 Å². The number of hydrogen-bond acceptors (Lipinski definition) is 6. The molecular formula is C21H26FN7O2. The first-order chi connectivity index (χ1) is 14.5. The van der Waals surface area contributed by atoms with E-state index in [-0.39, 0.29) is 17.3 Å². The molecule has 1 atom stereocenters. The second-order valence-electron chi connectivity index (χ2n) is 8.27. The van der Waals surface area contributed by atoms with Crippen LogP contribution in [0.4, 0.5) is 21.0 Å². The topological polar surface area (TPSA) is 109 Å². The molecule has 0 aliphatic carbocycles. The molecular weight excluding hydrogens is 401 g/mol. The predicted molar refractivity (Wildman–Crippen MR) is 114 cm³/mol. The molecule has 2 N–H and O–H groups in total. The predicted octanol–water partition coefficient (Wildman–Crippen LogP) is 4.30. The van der Waals surface area contributed by atoms with Gasteiger partial charge in [-0.1, -0.05) is 6.07 Å². The Hall–Kier alpha value is -3.56. The van der Waals surface area contributed by atoms with E-state index in [0.29, 0.717) is 16.9 Å². The minimum atomic E-state index is -1.06. The summed E-state index contributed by atoms with van der Waals surface area (Å²) in [7, 11) is 1.79. The average Bonchev–Trinajstić information content (AvgIpc) is 3.07. The number of anilines is 2. The van der Waals surface area contributed by atoms with Gasteiger partial charge in [-0.2, -0.15) is 10.1 Å². The molecule has 1 aromatic carbocycles. The summed E-state index contributed by atoms with van der Waals surface area (Å²) in [4.78, 5) is 25.6. The molecule has 0 fully saturated rings. The van der Waals surface area contributed by atoms with Gasteiger partial charge in [-0.25, -0.2) is 19.2 Å². The monoisotopic (exact) mass is 427 g/mol. The lowest BCUT2D eigenvalue weighted by molar-refractivity contribution is 0.0750. The van der Waals surface area contributed by atoms with Crippen LogP contribution in [0, 0.1) is 12.7 Å². The average molecular weight is 427 g/mol. The minimum absolute atomic E-state index is 0.166. The van der Waals surface area contributed by atoms with Crippen LogP contribution in [-0.2, 0) is 7.05 Å². The first kappa shape index (κ1) is 22.1. The van der Waals surface area contributed by atoms with Gasteiger partial charge in [0.05, 0.1) is 11.6 Å². The zero-order valence-corrected chi connectivity index (χ0v) is 18.4. The third-order valence-electron chi connectivity index (χ3n) is 4.96. The Kier molecular flexibility index (Phi) is 5.92. The molecule has 9 nitrogen and oxygen atoms in total. The summed E-state index contributed by atoms with van der Waals surface area (Å²) in [6, 6.07) is 4.50. The van der Waals surface area contributed by atoms with Crippen molar-refractivity contribution in [3.8, 4) is 11.4 Å². The fraction of sp³-hybridized carbons (Fsp3) is 0.381. The van der Waals surface area contributed by atoms with Crippen LogP contribution in [-0.4, -0.2) is 46.4 Å². The highest BCUT2D eigenvalue weighted by molar-refractivity contribution is 5.67. The lowest BCUT2D eigenvalue weighted by atomic mass is 9.94. The SMILES string of the molecule is Cc1c(C(C)N(C(=O)O)C(C)(C)C)ccc(-c2ncnc(Nc3ccn(C)n3)n2)c1F. The zero-order chi connectivity index (χ0) is 22.9. The Morgan fingerprint density at radius 1 is 1.26 bits per heavy atom. The van der Waals surface area contributed by atoms with E-state index in [1.54, 1.807) is 70.7 Å². The lowest BCUT2D eigenvalue weighted by Crippen LogP contribution is -2.46. The van der Waals surface area contributed by atoms with E-state index in [0.717, 1.165) is 0 Å². The molecule has 10 heteroatoms. The van der Waals surface area contributed by atoms with Gasteiger partial charge in [0.2, 0.25) is 5.95 Å². The van der Waals surface area contributed by atoms with Gasteiger partial charge in [-0.3, -0.25) is 9.58 Å². The van der Waals surface area contributed by atoms with Gasteiger partial charge in [0.1, 0.15) is 12.1 Å². The molecule has 3 aromatic rings. The Morgan fingerprint density at radius 3 is 2.55 bits per heavy atom. The van der Waals surface area contributed by atoms with Crippen LogP contribution in [0.15, 0.2) is 30.7 Å². The Labute approximate surface area is 180 Å². The van der Waals surface area contributed by atoms with Crippen molar-refractivity contribution in [2.45, 2.75) is 46.2 Å². The number of nitrogens with zero attached hydrogens (tertiary/aromatic N) is 6. The van der Waals surface area contributed by atoms with Crippen LogP contribution in [0.25, 0.3) is 11.4 Å². The Bertz CT molecular complexity index is 1110. The van der Waals surface area contributed by atoms with Crippen LogP contribution in [0.2, 0.25) is 0 Å². The number of nitrogens with one attached hydrogen (secondary N) is 1. The fourth-order valence-corrected chi connectivity index (χ4v) is 3.58. The Balaban J connectivity index is 1.95. The second kappa shape index (κ2) is 8.29. The smallest absolute Gasteiger partial charge is 0.408 e. The number of halogens is 1. The van der Waals surface area contributed by atoms with E-state index in [1.165, 1.54) is 11.2 Å². The molecule has 31 heavy (non-hydrogen) atoms. The number of rotatable bonds is 5. The van der Waals surface area contributed by atoms with E-state index in [1.807, 2.05) is 0 Å². The molecule has 3 rings (SSSR count). The van der Waals surface area contributed by atoms with Crippen LogP contribution in [0.3, 0.4) is 0 Å². The van der Waals surface area contributed by atoms with Crippen LogP contribution in [0.1, 0.15) is 44.9 Å². The molecule has 0 aliphatic rings. The highest BCUT2D eigenvalue weighted by Gasteiger charge is 2.33. The van der Waals surface area contributed by atoms with E-state index in [2.05, 4.69) is 25.4 Å². The summed E-state index contributed by atoms with van der Waals surface area (Å²) in [5.74, 6) is 0.456. The van der Waals surface area contributed by atoms with Crippen molar-refractivity contribution in [1.82, 2.24) is 29.6 Å². The zero-order valence-electron chi connectivity index (χ0n) is 18.4. The van der Waals surface area contributed by atoms with E-state index >= 15 is 4.39 Å². The molecule has 0 spiro atoms. The minimum Gasteiger partial charge on any atom is -0.465 e. The van der Waals surface area contributed by atoms with Crippen molar-refractivity contribution in [3.63, 3.8) is 0 Å². The quantitative estimate of drug-likeness (QED) is 0.625. The third-order valence-corrected chi connectivity index (χ3v) is 4.96. The van der Waals surface area contributed by atoms with Crippen molar-refractivity contribution in [2.75, 3.05) is 5.32 Å². The van der Waals surface area contributed by atoms with Crippen LogP contribution in [0.5, 0.6) is 0 Å². The molecule has 2 heterocycles. The molecule has 2 aromatic heterocycles. The lowest BCUT2D eigenvalue weighted by Gasteiger charge is -2.38. The van der Waals surface area contributed by atoms with Crippen molar-refractivity contribution >= 4 is 17.9 Å². The molecule has 0 bridgehead atoms. The normalized spacial score (nSPS) is 12.5. The number of amides is 1. The van der Waals surface area contributed by atoms with Crippen molar-refractivity contribution in [1.29, 1.82) is 0 Å². The number of aryl methyl sites for hydroxylation is 1. The van der Waals surface area contributed by atoms with Crippen LogP contribution >= 0.6 is 0 Å². The molecule has 1 unspecified atom stereocenters. The highest BCUT2D eigenvalue weighted by atomic mass is 19.1. The van der Waals surface area contributed by atoms with E-state index in [4.69, 9.17) is 0 Å². The summed E-state index contributed by atoms with van der Waals surface area (Å²) in [6.07, 6.45) is 2.00. The summed E-state index contributed by atoms with van der Waals surface area (Å²) in [5, 5.41) is 16.8. The van der Waals surface area contributed by atoms with Gasteiger partial charge >= 0.3 is 6.09 Å². The maximum absolute atomic E-state index is 15.3. The number of aromatic nitrogens is 5. The summed E-state index contributed by atoms with van der Waals surface area (Å²) in [6.45, 7) is 8.79. The largest absolute Gasteiger partial charge is 0.465 e. The fourth-order valence-electron chi connectivity index (χ4n) is 3.58. The number of carboxylic acid groups (broad SMARTS) is 1. The third kappa shape index (κ3) is 4.62. The highest BCUT2D eigenvalue weighted by Crippen LogP contribution is 2.33. The van der Waals surface area contributed by atoms with Gasteiger partial charge in [0.25, 0.3) is 0 Å². The maximum Gasteiger partial charge on any atom is 0.408 e. The molecule has 1 amide bonds. The number of benzene rings is 1. The first-order valence-electron chi connectivity index (χ1n) is 9.76. The van der Waals surface area contributed by atoms with Gasteiger partial charge in [0, 0.05) is 24.8 Å². The van der Waals surface area contributed by atoms with Gasteiger partial charge < -0.3 is 10.4 Å². The molecule has 0 saturated heterocycles. The standard InChI is InChI=1S/C21H26FN7O2/c1-12-14(13(2)29(20(30)31)21(3,4)5)7-8-15(17(12)22)18-23-11-24-19(26-18)25-16-9-10-28(6)27-16/h7-11,13H,1-6H3,(H,30,31)(H,23,24,25,26,27). The number of hydrogen-bond donors (Lipinski definition) is 2. The number of carbonyl (C=O) groups is 1. The Morgan fingerprint density at radius 2 is 1.97 bits per heavy atom. The summed E-state index contributed by atoms with van der Waals surface area (Å²) < 4.78 is 17.0. The first-order valence-corrected chi connectivity index (χ1v) is 9.76. The molecule has 0 aliphatic heterocycles. The van der Waals surface area contributed by atoms with Crippen molar-refractivity contribution in [2.24, 2.45) is 7.05 Å². The van der Waals surface area contributed by atoms with Gasteiger partial charge in [0.15, 0.2) is 11.6 Å². The van der Waals surface area contributed by atoms with Crippen molar-refractivity contribution < 1.29 is 14.3 Å². The molecule has 0 saturated carbocycles. The second-order valence-corrected chi connectivity index (χ2v) is 8.27. The van der Waals surface area contributed by atoms with Crippen molar-refractivity contribution in [3.05, 3.63) is 47.7 Å². The van der Waals surface area contributed by atoms with E-state index < -0.39 is 23.5 Å². The molecule has 0 radical (unpaired) electrons. The van der Waals surface area contributed by atoms with Gasteiger partial charge in [-0.05, 0) is 51.8 Å². The molecule has 164 valence electrons. The van der Waals surface area contributed by atoms with E-state index in [9.17, 15) is 9.90 Å².